The topological polar surface area (TPSA) is 30.9 Å². The van der Waals surface area contributed by atoms with E-state index >= 15 is 0 Å². The van der Waals surface area contributed by atoms with Crippen LogP contribution < -0.4 is 14.2 Å². The van der Waals surface area contributed by atoms with Crippen LogP contribution in [0.3, 0.4) is 0 Å². The lowest BCUT2D eigenvalue weighted by Crippen LogP contribution is -2.45. The molecule has 5 heteroatoms. The predicted molar refractivity (Wildman–Crippen MR) is 108 cm³/mol. The number of benzene rings is 1. The molecule has 0 aromatic heterocycles. The van der Waals surface area contributed by atoms with Crippen LogP contribution in [-0.2, 0) is 0 Å². The molecule has 0 spiro atoms. The summed E-state index contributed by atoms with van der Waals surface area (Å²) in [5.74, 6) is 3.95. The molecule has 4 rings (SSSR count). The highest BCUT2D eigenvalue weighted by Gasteiger charge is 2.38. The van der Waals surface area contributed by atoms with Crippen LogP contribution in [0.4, 0.5) is 4.39 Å². The standard InChI is InChI=1S/C23H34FNO3/c1-2-3-4-10-25-11-9-21(17-5-6-19(24)12-17)18(14-25)15-26-20-7-8-22-23(13-20)28-16-27-22/h7-8,13,17-19,21H,2-6,9-12,14-16H2,1H3/t17-,18?,19-,21?/m0/s1. The second-order valence-corrected chi connectivity index (χ2v) is 8.72. The summed E-state index contributed by atoms with van der Waals surface area (Å²) in [5, 5.41) is 0. The number of piperidine rings is 1. The van der Waals surface area contributed by atoms with Crippen LogP contribution in [0.25, 0.3) is 0 Å². The van der Waals surface area contributed by atoms with E-state index in [0.29, 0.717) is 24.4 Å². The van der Waals surface area contributed by atoms with E-state index in [9.17, 15) is 4.39 Å². The van der Waals surface area contributed by atoms with E-state index in [4.69, 9.17) is 14.2 Å². The molecule has 4 atom stereocenters. The van der Waals surface area contributed by atoms with Gasteiger partial charge in [-0.3, -0.25) is 0 Å². The number of unbranched alkanes of at least 4 members (excludes halogenated alkanes) is 2. The molecule has 1 aliphatic carbocycles. The van der Waals surface area contributed by atoms with Gasteiger partial charge in [0.2, 0.25) is 6.79 Å². The van der Waals surface area contributed by atoms with Crippen molar-refractivity contribution in [3.63, 3.8) is 0 Å². The fraction of sp³-hybridized carbons (Fsp3) is 0.739. The summed E-state index contributed by atoms with van der Waals surface area (Å²) in [6, 6.07) is 5.79. The maximum Gasteiger partial charge on any atom is 0.231 e. The Bertz CT molecular complexity index is 640. The molecule has 1 saturated carbocycles. The van der Waals surface area contributed by atoms with E-state index in [2.05, 4.69) is 11.8 Å². The van der Waals surface area contributed by atoms with Crippen molar-refractivity contribution in [2.24, 2.45) is 17.8 Å². The van der Waals surface area contributed by atoms with Crippen LogP contribution in [0.1, 0.15) is 51.9 Å². The minimum atomic E-state index is -0.594. The quantitative estimate of drug-likeness (QED) is 0.580. The molecule has 3 aliphatic rings. The molecular formula is C23H34FNO3. The first kappa shape index (κ1) is 19.8. The molecule has 2 fully saturated rings. The van der Waals surface area contributed by atoms with Gasteiger partial charge in [0.25, 0.3) is 0 Å². The van der Waals surface area contributed by atoms with Gasteiger partial charge >= 0.3 is 0 Å². The van der Waals surface area contributed by atoms with E-state index < -0.39 is 6.17 Å². The molecular weight excluding hydrogens is 357 g/mol. The van der Waals surface area contributed by atoms with Gasteiger partial charge in [-0.25, -0.2) is 4.39 Å². The van der Waals surface area contributed by atoms with Crippen molar-refractivity contribution in [1.82, 2.24) is 4.90 Å². The zero-order valence-corrected chi connectivity index (χ0v) is 17.1. The summed E-state index contributed by atoms with van der Waals surface area (Å²) in [7, 11) is 0. The first-order valence-electron chi connectivity index (χ1n) is 11.1. The first-order chi connectivity index (χ1) is 13.7. The summed E-state index contributed by atoms with van der Waals surface area (Å²) < 4.78 is 30.9. The Labute approximate surface area is 168 Å². The zero-order valence-electron chi connectivity index (χ0n) is 17.1. The lowest BCUT2D eigenvalue weighted by molar-refractivity contribution is 0.0489. The average Bonchev–Trinajstić information content (AvgIpc) is 3.35. The Morgan fingerprint density at radius 2 is 2.04 bits per heavy atom. The fourth-order valence-electron chi connectivity index (χ4n) is 5.23. The van der Waals surface area contributed by atoms with Crippen LogP contribution in [0.15, 0.2) is 18.2 Å². The van der Waals surface area contributed by atoms with Gasteiger partial charge < -0.3 is 19.1 Å². The second-order valence-electron chi connectivity index (χ2n) is 8.72. The summed E-state index contributed by atoms with van der Waals surface area (Å²) in [5.41, 5.74) is 0. The number of hydrogen-bond acceptors (Lipinski definition) is 4. The van der Waals surface area contributed by atoms with Crippen LogP contribution in [0, 0.1) is 17.8 Å². The summed E-state index contributed by atoms with van der Waals surface area (Å²) in [6.45, 7) is 6.64. The molecule has 0 N–H and O–H groups in total. The van der Waals surface area contributed by atoms with Gasteiger partial charge in [-0.2, -0.15) is 0 Å². The van der Waals surface area contributed by atoms with Crippen molar-refractivity contribution in [2.45, 2.75) is 58.0 Å². The number of alkyl halides is 1. The molecule has 1 aromatic rings. The average molecular weight is 392 g/mol. The van der Waals surface area contributed by atoms with Gasteiger partial charge in [0.1, 0.15) is 11.9 Å². The third-order valence-electron chi connectivity index (χ3n) is 6.78. The molecule has 4 nitrogen and oxygen atoms in total. The highest BCUT2D eigenvalue weighted by Crippen LogP contribution is 2.41. The van der Waals surface area contributed by atoms with Gasteiger partial charge in [0.15, 0.2) is 11.5 Å². The zero-order chi connectivity index (χ0) is 19.3. The lowest BCUT2D eigenvalue weighted by Gasteiger charge is -2.41. The second kappa shape index (κ2) is 9.34. The SMILES string of the molecule is CCCCCN1CCC([C@H]2CC[C@H](F)C2)C(COc2ccc3c(c2)OCO3)C1. The Kier molecular flexibility index (Phi) is 6.61. The van der Waals surface area contributed by atoms with Crippen LogP contribution in [-0.4, -0.2) is 44.1 Å². The van der Waals surface area contributed by atoms with E-state index in [0.717, 1.165) is 49.6 Å². The molecule has 1 saturated heterocycles. The van der Waals surface area contributed by atoms with E-state index in [-0.39, 0.29) is 6.79 Å². The number of nitrogens with zero attached hydrogens (tertiary/aromatic N) is 1. The van der Waals surface area contributed by atoms with Crippen LogP contribution >= 0.6 is 0 Å². The molecule has 156 valence electrons. The maximum absolute atomic E-state index is 13.8. The normalized spacial score (nSPS) is 29.9. The van der Waals surface area contributed by atoms with Crippen LogP contribution in [0.2, 0.25) is 0 Å². The molecule has 0 amide bonds. The number of likely N-dealkylation sites (tertiary alicyclic amines) is 1. The van der Waals surface area contributed by atoms with Gasteiger partial charge in [-0.05, 0) is 69.2 Å². The third kappa shape index (κ3) is 4.73. The van der Waals surface area contributed by atoms with Gasteiger partial charge in [-0.1, -0.05) is 19.8 Å². The minimum absolute atomic E-state index is 0.280. The fourth-order valence-corrected chi connectivity index (χ4v) is 5.23. The van der Waals surface area contributed by atoms with Crippen molar-refractivity contribution >= 4 is 0 Å². The molecule has 28 heavy (non-hydrogen) atoms. The first-order valence-corrected chi connectivity index (χ1v) is 11.1. The number of hydrogen-bond donors (Lipinski definition) is 0. The van der Waals surface area contributed by atoms with Crippen molar-refractivity contribution < 1.29 is 18.6 Å². The van der Waals surface area contributed by atoms with E-state index in [1.165, 1.54) is 32.2 Å². The Morgan fingerprint density at radius 1 is 1.14 bits per heavy atom. The van der Waals surface area contributed by atoms with Gasteiger partial charge in [0, 0.05) is 18.5 Å². The number of fused-ring (bicyclic) bond motifs is 1. The number of rotatable bonds is 8. The Morgan fingerprint density at radius 3 is 2.86 bits per heavy atom. The van der Waals surface area contributed by atoms with Gasteiger partial charge in [0.05, 0.1) is 6.61 Å². The predicted octanol–water partition coefficient (Wildman–Crippen LogP) is 5.06. The highest BCUT2D eigenvalue weighted by atomic mass is 19.1. The van der Waals surface area contributed by atoms with Crippen molar-refractivity contribution in [2.75, 3.05) is 33.0 Å². The van der Waals surface area contributed by atoms with Crippen molar-refractivity contribution in [3.8, 4) is 17.2 Å². The highest BCUT2D eigenvalue weighted by molar-refractivity contribution is 5.46. The van der Waals surface area contributed by atoms with E-state index in [1.807, 2.05) is 18.2 Å². The molecule has 2 unspecified atom stereocenters. The molecule has 2 heterocycles. The molecule has 0 bridgehead atoms. The third-order valence-corrected chi connectivity index (χ3v) is 6.78. The van der Waals surface area contributed by atoms with Crippen molar-refractivity contribution in [3.05, 3.63) is 18.2 Å². The Balaban J connectivity index is 1.38. The van der Waals surface area contributed by atoms with E-state index in [1.54, 1.807) is 0 Å². The molecule has 1 aromatic carbocycles. The minimum Gasteiger partial charge on any atom is -0.493 e. The molecule has 0 radical (unpaired) electrons. The number of halogens is 1. The monoisotopic (exact) mass is 391 g/mol. The number of ether oxygens (including phenoxy) is 3. The molecule has 2 aliphatic heterocycles. The smallest absolute Gasteiger partial charge is 0.231 e. The Hall–Kier alpha value is -1.49. The van der Waals surface area contributed by atoms with Gasteiger partial charge in [-0.15, -0.1) is 0 Å². The summed E-state index contributed by atoms with van der Waals surface area (Å²) in [4.78, 5) is 2.60. The maximum atomic E-state index is 13.8. The lowest BCUT2D eigenvalue weighted by atomic mass is 9.76. The summed E-state index contributed by atoms with van der Waals surface area (Å²) in [6.07, 6.45) is 6.95. The van der Waals surface area contributed by atoms with Crippen LogP contribution in [0.5, 0.6) is 17.2 Å². The summed E-state index contributed by atoms with van der Waals surface area (Å²) >= 11 is 0. The van der Waals surface area contributed by atoms with Crippen molar-refractivity contribution in [1.29, 1.82) is 0 Å². The largest absolute Gasteiger partial charge is 0.493 e.